The van der Waals surface area contributed by atoms with Crippen molar-refractivity contribution in [2.45, 2.75) is 79.2 Å². The zero-order valence-corrected chi connectivity index (χ0v) is 14.6. The molecule has 0 aliphatic carbocycles. The van der Waals surface area contributed by atoms with Gasteiger partial charge in [0.2, 0.25) is 0 Å². The van der Waals surface area contributed by atoms with Crippen molar-refractivity contribution >= 4 is 15.9 Å². The summed E-state index contributed by atoms with van der Waals surface area (Å²) in [6, 6.07) is 0. The number of carbonyl (C=O) groups is 1. The Morgan fingerprint density at radius 3 is 1.94 bits per heavy atom. The van der Waals surface area contributed by atoms with E-state index >= 15 is 0 Å². The van der Waals surface area contributed by atoms with Gasteiger partial charge < -0.3 is 4.74 Å². The lowest BCUT2D eigenvalue weighted by Gasteiger charge is -2.37. The van der Waals surface area contributed by atoms with Gasteiger partial charge in [-0.05, 0) is 25.2 Å². The summed E-state index contributed by atoms with van der Waals surface area (Å²) in [6.07, 6.45) is 5.06. The first-order valence-electron chi connectivity index (χ1n) is 7.06. The first-order chi connectivity index (χ1) is 7.84. The summed E-state index contributed by atoms with van der Waals surface area (Å²) in [4.78, 5) is 11.8. The van der Waals surface area contributed by atoms with Gasteiger partial charge in [0, 0.05) is 6.42 Å². The van der Waals surface area contributed by atoms with Crippen molar-refractivity contribution in [1.82, 2.24) is 0 Å². The van der Waals surface area contributed by atoms with Crippen molar-refractivity contribution in [3.8, 4) is 0 Å². The molecule has 0 bridgehead atoms. The number of esters is 1. The zero-order valence-electron chi connectivity index (χ0n) is 13.2. The maximum absolute atomic E-state index is 11.8. The van der Waals surface area contributed by atoms with Gasteiger partial charge in [0.1, 0.15) is 5.60 Å². The Labute approximate surface area is 117 Å². The molecule has 0 rings (SSSR count). The number of hydrogen-bond donors (Lipinski definition) is 0. The van der Waals surface area contributed by atoms with Crippen LogP contribution in [0.2, 0.25) is 0 Å². The molecule has 0 aromatic carbocycles. The Hall–Kier alpha value is -0.100. The Balaban J connectivity index is 0. The molecule has 0 amide bonds. The highest BCUT2D eigenvalue weighted by Crippen LogP contribution is 2.30. The number of hydrogen-bond acceptors (Lipinski definition) is 2. The van der Waals surface area contributed by atoms with Gasteiger partial charge in [0.15, 0.2) is 0 Å². The molecule has 0 aromatic heterocycles. The van der Waals surface area contributed by atoms with Crippen LogP contribution in [-0.4, -0.2) is 11.6 Å². The fourth-order valence-electron chi connectivity index (χ4n) is 1.89. The predicted octanol–water partition coefficient (Wildman–Crippen LogP) is 4.63. The van der Waals surface area contributed by atoms with Crippen LogP contribution in [0.4, 0.5) is 0 Å². The second-order valence-electron chi connectivity index (χ2n) is 5.78. The van der Waals surface area contributed by atoms with Gasteiger partial charge in [-0.3, -0.25) is 4.79 Å². The maximum atomic E-state index is 11.8. The fourth-order valence-corrected chi connectivity index (χ4v) is 1.89. The summed E-state index contributed by atoms with van der Waals surface area (Å²) in [7, 11) is 0. The van der Waals surface area contributed by atoms with Crippen LogP contribution in [0.1, 0.15) is 73.6 Å². The molecule has 110 valence electrons. The second-order valence-corrected chi connectivity index (χ2v) is 5.78. The molecule has 0 aliphatic rings. The highest BCUT2D eigenvalue weighted by molar-refractivity contribution is 6.92. The molecule has 0 saturated heterocycles. The first kappa shape index (κ1) is 20.2. The third-order valence-corrected chi connectivity index (χ3v) is 3.86. The van der Waals surface area contributed by atoms with Gasteiger partial charge in [-0.2, -0.15) is 9.90 Å². The van der Waals surface area contributed by atoms with Crippen LogP contribution in [0.3, 0.4) is 0 Å². The van der Waals surface area contributed by atoms with Crippen LogP contribution in [-0.2, 0) is 9.53 Å². The molecule has 0 aliphatic heterocycles. The number of rotatable bonds is 8. The summed E-state index contributed by atoms with van der Waals surface area (Å²) < 4.78 is 5.70. The van der Waals surface area contributed by atoms with E-state index in [1.165, 1.54) is 12.8 Å². The van der Waals surface area contributed by atoms with Gasteiger partial charge in [0.25, 0.3) is 0 Å². The predicted molar refractivity (Wildman–Crippen MR) is 84.0 cm³/mol. The van der Waals surface area contributed by atoms with Crippen molar-refractivity contribution < 1.29 is 9.53 Å². The first-order valence-corrected chi connectivity index (χ1v) is 7.06. The zero-order chi connectivity index (χ0) is 13.5. The SMILES string of the molecule is CCCCCCC(=O)OC(C)(C(C)C)C(C)C.P. The topological polar surface area (TPSA) is 26.3 Å². The Bertz CT molecular complexity index is 217. The fraction of sp³-hybridized carbons (Fsp3) is 0.933. The van der Waals surface area contributed by atoms with Crippen LogP contribution < -0.4 is 0 Å². The Morgan fingerprint density at radius 2 is 1.56 bits per heavy atom. The largest absolute Gasteiger partial charge is 0.459 e. The summed E-state index contributed by atoms with van der Waals surface area (Å²) in [5.41, 5.74) is -0.332. The Morgan fingerprint density at radius 1 is 1.06 bits per heavy atom. The molecule has 18 heavy (non-hydrogen) atoms. The molecule has 0 fully saturated rings. The van der Waals surface area contributed by atoms with Crippen molar-refractivity contribution in [2.75, 3.05) is 0 Å². The molecule has 1 unspecified atom stereocenters. The molecule has 0 radical (unpaired) electrons. The molecule has 0 heterocycles. The monoisotopic (exact) mass is 276 g/mol. The molecule has 0 N–H and O–H groups in total. The van der Waals surface area contributed by atoms with E-state index in [0.717, 1.165) is 12.8 Å². The van der Waals surface area contributed by atoms with E-state index in [1.807, 2.05) is 6.92 Å². The van der Waals surface area contributed by atoms with Crippen molar-refractivity contribution in [2.24, 2.45) is 11.8 Å². The lowest BCUT2D eigenvalue weighted by molar-refractivity contribution is -0.169. The van der Waals surface area contributed by atoms with Gasteiger partial charge >= 0.3 is 5.97 Å². The van der Waals surface area contributed by atoms with E-state index in [1.54, 1.807) is 0 Å². The third kappa shape index (κ3) is 6.73. The van der Waals surface area contributed by atoms with Gasteiger partial charge in [-0.1, -0.05) is 53.9 Å². The van der Waals surface area contributed by atoms with E-state index < -0.39 is 0 Å². The highest BCUT2D eigenvalue weighted by Gasteiger charge is 2.35. The minimum absolute atomic E-state index is 0. The molecule has 2 nitrogen and oxygen atoms in total. The van der Waals surface area contributed by atoms with Gasteiger partial charge in [-0.25, -0.2) is 0 Å². The van der Waals surface area contributed by atoms with E-state index in [9.17, 15) is 4.79 Å². The van der Waals surface area contributed by atoms with Crippen molar-refractivity contribution in [3.63, 3.8) is 0 Å². The lowest BCUT2D eigenvalue weighted by Crippen LogP contribution is -2.42. The molecule has 0 aromatic rings. The minimum Gasteiger partial charge on any atom is -0.459 e. The van der Waals surface area contributed by atoms with Crippen LogP contribution >= 0.6 is 9.90 Å². The van der Waals surface area contributed by atoms with E-state index in [4.69, 9.17) is 4.74 Å². The minimum atomic E-state index is -0.332. The molecule has 0 saturated carbocycles. The summed E-state index contributed by atoms with van der Waals surface area (Å²) in [6.45, 7) is 12.7. The molecule has 3 heteroatoms. The van der Waals surface area contributed by atoms with Crippen LogP contribution in [0.15, 0.2) is 0 Å². The summed E-state index contributed by atoms with van der Waals surface area (Å²) >= 11 is 0. The standard InChI is InChI=1S/C15H30O2.H3P/c1-7-8-9-10-11-14(16)17-15(6,12(2)3)13(4)5;/h12-13H,7-11H2,1-6H3;1H3. The van der Waals surface area contributed by atoms with E-state index in [2.05, 4.69) is 34.6 Å². The van der Waals surface area contributed by atoms with E-state index in [-0.39, 0.29) is 21.5 Å². The normalized spacial score (nSPS) is 11.6. The lowest BCUT2D eigenvalue weighted by atomic mass is 9.82. The average Bonchev–Trinajstić information content (AvgIpc) is 2.23. The van der Waals surface area contributed by atoms with Gasteiger partial charge in [0.05, 0.1) is 0 Å². The van der Waals surface area contributed by atoms with E-state index in [0.29, 0.717) is 18.3 Å². The van der Waals surface area contributed by atoms with Crippen LogP contribution in [0.5, 0.6) is 0 Å². The van der Waals surface area contributed by atoms with Crippen LogP contribution in [0, 0.1) is 11.8 Å². The number of carbonyl (C=O) groups excluding carboxylic acids is 1. The van der Waals surface area contributed by atoms with Gasteiger partial charge in [-0.15, -0.1) is 0 Å². The third-order valence-electron chi connectivity index (χ3n) is 3.86. The van der Waals surface area contributed by atoms with Crippen molar-refractivity contribution in [1.29, 1.82) is 0 Å². The second kappa shape index (κ2) is 9.78. The molecular formula is C15H33O2P. The quantitative estimate of drug-likeness (QED) is 0.367. The average molecular weight is 276 g/mol. The smallest absolute Gasteiger partial charge is 0.306 e. The van der Waals surface area contributed by atoms with Crippen LogP contribution in [0.25, 0.3) is 0 Å². The Kier molecular flexibility index (Phi) is 11.0. The maximum Gasteiger partial charge on any atom is 0.306 e. The molecular weight excluding hydrogens is 243 g/mol. The number of unbranched alkanes of at least 4 members (excludes halogenated alkanes) is 3. The molecule has 1 atom stereocenters. The highest BCUT2D eigenvalue weighted by atomic mass is 31.0. The summed E-state index contributed by atoms with van der Waals surface area (Å²) in [5.74, 6) is 0.662. The number of ether oxygens (including phenoxy) is 1. The molecule has 0 spiro atoms. The summed E-state index contributed by atoms with van der Waals surface area (Å²) in [5, 5.41) is 0. The van der Waals surface area contributed by atoms with Crippen molar-refractivity contribution in [3.05, 3.63) is 0 Å².